The number of rotatable bonds is 15. The van der Waals surface area contributed by atoms with Gasteiger partial charge in [0.25, 0.3) is 5.91 Å². The number of anilines is 1. The molecule has 0 saturated carbocycles. The maximum Gasteiger partial charge on any atom is 0.251 e. The highest BCUT2D eigenvalue weighted by molar-refractivity contribution is 5.94. The first kappa shape index (κ1) is 29.4. The maximum absolute atomic E-state index is 12.6. The van der Waals surface area contributed by atoms with E-state index in [-0.39, 0.29) is 5.91 Å². The molecule has 3 N–H and O–H groups in total. The lowest BCUT2D eigenvalue weighted by Gasteiger charge is -2.29. The molecule has 1 aliphatic rings. The molecule has 2 aromatic rings. The van der Waals surface area contributed by atoms with E-state index in [1.54, 1.807) is 6.20 Å². The van der Waals surface area contributed by atoms with Crippen molar-refractivity contribution in [3.8, 4) is 0 Å². The number of allylic oxidation sites excluding steroid dienone is 2. The van der Waals surface area contributed by atoms with Crippen LogP contribution in [0.3, 0.4) is 0 Å². The van der Waals surface area contributed by atoms with E-state index >= 15 is 0 Å². The zero-order chi connectivity index (χ0) is 28.0. The molecule has 2 amide bonds. The first-order chi connectivity index (χ1) is 19.0. The predicted octanol–water partition coefficient (Wildman–Crippen LogP) is 4.53. The number of nitrogens with zero attached hydrogens (tertiary/aromatic N) is 3. The van der Waals surface area contributed by atoms with Crippen LogP contribution >= 0.6 is 0 Å². The molecule has 0 unspecified atom stereocenters. The number of hydrogen-bond acceptors (Lipinski definition) is 6. The Morgan fingerprint density at radius 2 is 1.92 bits per heavy atom. The van der Waals surface area contributed by atoms with Gasteiger partial charge in [0.15, 0.2) is 0 Å². The molecule has 0 saturated heterocycles. The molecule has 0 bridgehead atoms. The topological polar surface area (TPSA) is 89.1 Å². The highest BCUT2D eigenvalue weighted by Crippen LogP contribution is 2.27. The monoisotopic (exact) mass is 528 g/mol. The standard InChI is InChI=1S/C31H40N6O2/c1-5-17-36(6-2)18-16-34-31(39)25-9-11-28(12-10-25)35-29-13-14-30(37(22-29)19-15-32-4)26-8-7-24(3)27(20-26)21-33-23-38/h7-15,19-20,23,35H,4-6,16-18,21-22H2,1-3H3,(H,33,38)(H,34,39)/b19-15-. The van der Waals surface area contributed by atoms with Crippen molar-refractivity contribution in [1.29, 1.82) is 0 Å². The third-order valence-electron chi connectivity index (χ3n) is 6.62. The average molecular weight is 529 g/mol. The Kier molecular flexibility index (Phi) is 11.5. The zero-order valence-electron chi connectivity index (χ0n) is 23.2. The van der Waals surface area contributed by atoms with E-state index in [1.165, 1.54) is 0 Å². The summed E-state index contributed by atoms with van der Waals surface area (Å²) in [5, 5.41) is 9.23. The molecule has 0 aliphatic carbocycles. The number of likely N-dealkylation sites (N-methyl/N-ethyl adjacent to an activating group) is 1. The van der Waals surface area contributed by atoms with E-state index in [0.29, 0.717) is 31.6 Å². The van der Waals surface area contributed by atoms with Gasteiger partial charge in [-0.05, 0) is 92.3 Å². The molecular weight excluding hydrogens is 488 g/mol. The summed E-state index contributed by atoms with van der Waals surface area (Å²) in [7, 11) is 0. The second kappa shape index (κ2) is 15.3. The van der Waals surface area contributed by atoms with E-state index in [9.17, 15) is 9.59 Å². The van der Waals surface area contributed by atoms with Crippen LogP contribution < -0.4 is 16.0 Å². The van der Waals surface area contributed by atoms with Crippen LogP contribution in [0.4, 0.5) is 5.69 Å². The molecule has 3 rings (SSSR count). The summed E-state index contributed by atoms with van der Waals surface area (Å²) in [5.41, 5.74) is 6.77. The molecule has 0 atom stereocenters. The molecular formula is C31H40N6O2. The third kappa shape index (κ3) is 8.68. The van der Waals surface area contributed by atoms with Gasteiger partial charge in [0.2, 0.25) is 6.41 Å². The Bertz CT molecular complexity index is 1220. The Morgan fingerprint density at radius 1 is 1.13 bits per heavy atom. The number of hydrogen-bond donors (Lipinski definition) is 3. The molecule has 1 heterocycles. The van der Waals surface area contributed by atoms with Gasteiger partial charge in [0.1, 0.15) is 0 Å². The Morgan fingerprint density at radius 3 is 2.62 bits per heavy atom. The van der Waals surface area contributed by atoms with Gasteiger partial charge in [0.05, 0.1) is 6.54 Å². The predicted molar refractivity (Wildman–Crippen MR) is 160 cm³/mol. The maximum atomic E-state index is 12.6. The van der Waals surface area contributed by atoms with Gasteiger partial charge in [-0.1, -0.05) is 26.0 Å². The SMILES string of the molecule is C=N/C=C\N1CC(Nc2ccc(C(=O)NCCN(CC)CCC)cc2)=CC=C1c1ccc(C)c(CNC=O)c1. The Balaban J connectivity index is 1.69. The first-order valence-electron chi connectivity index (χ1n) is 13.4. The summed E-state index contributed by atoms with van der Waals surface area (Å²) >= 11 is 0. The van der Waals surface area contributed by atoms with E-state index in [2.05, 4.69) is 81.7 Å². The molecule has 8 heteroatoms. The minimum absolute atomic E-state index is 0.0624. The lowest BCUT2D eigenvalue weighted by atomic mass is 10.0. The normalized spacial score (nSPS) is 13.2. The van der Waals surface area contributed by atoms with Crippen molar-refractivity contribution in [2.45, 2.75) is 33.7 Å². The minimum atomic E-state index is -0.0624. The number of carbonyl (C=O) groups is 2. The summed E-state index contributed by atoms with van der Waals surface area (Å²) < 4.78 is 0. The smallest absolute Gasteiger partial charge is 0.251 e. The van der Waals surface area contributed by atoms with Crippen LogP contribution in [0, 0.1) is 6.92 Å². The van der Waals surface area contributed by atoms with Crippen LogP contribution in [0.25, 0.3) is 5.70 Å². The molecule has 0 spiro atoms. The fourth-order valence-electron chi connectivity index (χ4n) is 4.44. The number of aliphatic imine (C=N–C) groups is 1. The van der Waals surface area contributed by atoms with Crippen LogP contribution in [0.5, 0.6) is 0 Å². The Hall–Kier alpha value is -4.17. The van der Waals surface area contributed by atoms with Gasteiger partial charge in [-0.2, -0.15) is 0 Å². The summed E-state index contributed by atoms with van der Waals surface area (Å²) in [4.78, 5) is 31.7. The van der Waals surface area contributed by atoms with Crippen molar-refractivity contribution in [2.75, 3.05) is 38.0 Å². The quantitative estimate of drug-likeness (QED) is 0.234. The number of benzene rings is 2. The van der Waals surface area contributed by atoms with Gasteiger partial charge in [-0.15, -0.1) is 0 Å². The van der Waals surface area contributed by atoms with Crippen molar-refractivity contribution in [1.82, 2.24) is 20.4 Å². The number of aryl methyl sites for hydroxylation is 1. The summed E-state index contributed by atoms with van der Waals surface area (Å²) in [6, 6.07) is 13.8. The molecule has 39 heavy (non-hydrogen) atoms. The average Bonchev–Trinajstić information content (AvgIpc) is 2.95. The number of amides is 2. The van der Waals surface area contributed by atoms with Crippen LogP contribution in [-0.2, 0) is 11.3 Å². The van der Waals surface area contributed by atoms with E-state index in [1.807, 2.05) is 37.4 Å². The minimum Gasteiger partial charge on any atom is -0.357 e. The number of nitrogens with one attached hydrogen (secondary N) is 3. The van der Waals surface area contributed by atoms with Crippen LogP contribution in [0.1, 0.15) is 47.3 Å². The molecule has 2 aromatic carbocycles. The van der Waals surface area contributed by atoms with E-state index in [4.69, 9.17) is 0 Å². The highest BCUT2D eigenvalue weighted by Gasteiger charge is 2.17. The summed E-state index contributed by atoms with van der Waals surface area (Å²) in [5.74, 6) is -0.0624. The van der Waals surface area contributed by atoms with Crippen LogP contribution in [0.2, 0.25) is 0 Å². The molecule has 0 radical (unpaired) electrons. The van der Waals surface area contributed by atoms with Crippen molar-refractivity contribution < 1.29 is 9.59 Å². The first-order valence-corrected chi connectivity index (χ1v) is 13.4. The molecule has 0 fully saturated rings. The van der Waals surface area contributed by atoms with Crippen LogP contribution in [-0.4, -0.2) is 61.6 Å². The van der Waals surface area contributed by atoms with Crippen LogP contribution in [0.15, 0.2) is 77.7 Å². The fourth-order valence-corrected chi connectivity index (χ4v) is 4.44. The number of carbonyl (C=O) groups excluding carboxylic acids is 2. The fraction of sp³-hybridized carbons (Fsp3) is 0.323. The van der Waals surface area contributed by atoms with Gasteiger partial charge in [-0.3, -0.25) is 14.6 Å². The Labute approximate surface area is 232 Å². The molecule has 206 valence electrons. The zero-order valence-corrected chi connectivity index (χ0v) is 23.2. The van der Waals surface area contributed by atoms with Gasteiger partial charge in [0, 0.05) is 54.7 Å². The second-order valence-electron chi connectivity index (χ2n) is 9.38. The summed E-state index contributed by atoms with van der Waals surface area (Å²) in [6.45, 7) is 14.5. The van der Waals surface area contributed by atoms with Gasteiger partial charge >= 0.3 is 0 Å². The molecule has 8 nitrogen and oxygen atoms in total. The second-order valence-corrected chi connectivity index (χ2v) is 9.38. The van der Waals surface area contributed by atoms with Crippen molar-refractivity contribution >= 4 is 30.4 Å². The van der Waals surface area contributed by atoms with Crippen molar-refractivity contribution in [2.24, 2.45) is 4.99 Å². The lowest BCUT2D eigenvalue weighted by molar-refractivity contribution is -0.109. The van der Waals surface area contributed by atoms with E-state index < -0.39 is 0 Å². The summed E-state index contributed by atoms with van der Waals surface area (Å²) in [6.07, 6.45) is 9.49. The molecule has 0 aromatic heterocycles. The van der Waals surface area contributed by atoms with E-state index in [0.717, 1.165) is 59.8 Å². The van der Waals surface area contributed by atoms with Crippen molar-refractivity contribution in [3.63, 3.8) is 0 Å². The van der Waals surface area contributed by atoms with Gasteiger partial charge in [-0.25, -0.2) is 0 Å². The lowest BCUT2D eigenvalue weighted by Crippen LogP contribution is -2.35. The van der Waals surface area contributed by atoms with Gasteiger partial charge < -0.3 is 25.8 Å². The van der Waals surface area contributed by atoms with Crippen molar-refractivity contribution in [3.05, 3.63) is 95.0 Å². The highest BCUT2D eigenvalue weighted by atomic mass is 16.1. The molecule has 1 aliphatic heterocycles. The third-order valence-corrected chi connectivity index (χ3v) is 6.62. The largest absolute Gasteiger partial charge is 0.357 e.